The van der Waals surface area contributed by atoms with E-state index in [1.807, 2.05) is 19.1 Å². The number of halogens is 1. The molecule has 1 aliphatic heterocycles. The Morgan fingerprint density at radius 2 is 2.09 bits per heavy atom. The van der Waals surface area contributed by atoms with E-state index in [0.29, 0.717) is 13.1 Å². The molecule has 0 aliphatic carbocycles. The van der Waals surface area contributed by atoms with Crippen LogP contribution in [0.3, 0.4) is 0 Å². The number of aliphatic hydroxyl groups excluding tert-OH is 1. The third kappa shape index (κ3) is 4.19. The lowest BCUT2D eigenvalue weighted by atomic mass is 9.85. The lowest BCUT2D eigenvalue weighted by molar-refractivity contribution is 0.187. The van der Waals surface area contributed by atoms with Gasteiger partial charge in [0, 0.05) is 25.0 Å². The van der Waals surface area contributed by atoms with E-state index in [4.69, 9.17) is 4.99 Å². The third-order valence-corrected chi connectivity index (χ3v) is 4.05. The predicted molar refractivity (Wildman–Crippen MR) is 87.6 cm³/mol. The van der Waals surface area contributed by atoms with E-state index in [2.05, 4.69) is 24.1 Å². The number of hydrogen-bond donors (Lipinski definition) is 2. The van der Waals surface area contributed by atoms with Gasteiger partial charge in [0.15, 0.2) is 5.96 Å². The molecule has 1 fully saturated rings. The normalized spacial score (nSPS) is 19.6. The van der Waals surface area contributed by atoms with Crippen LogP contribution in [-0.4, -0.2) is 48.2 Å². The minimum atomic E-state index is -0.269. The van der Waals surface area contributed by atoms with Crippen LogP contribution in [0.2, 0.25) is 0 Å². The van der Waals surface area contributed by atoms with Gasteiger partial charge in [-0.15, -0.1) is 0 Å². The Hall–Kier alpha value is -1.62. The van der Waals surface area contributed by atoms with E-state index < -0.39 is 0 Å². The van der Waals surface area contributed by atoms with Crippen LogP contribution in [-0.2, 0) is 5.41 Å². The molecule has 0 amide bonds. The molecule has 1 aromatic carbocycles. The first kappa shape index (κ1) is 16.7. The highest BCUT2D eigenvalue weighted by atomic mass is 19.1. The van der Waals surface area contributed by atoms with Crippen molar-refractivity contribution in [3.05, 3.63) is 35.6 Å². The maximum atomic E-state index is 13.1. The van der Waals surface area contributed by atoms with Crippen molar-refractivity contribution < 1.29 is 9.50 Å². The summed E-state index contributed by atoms with van der Waals surface area (Å²) >= 11 is 0. The molecule has 122 valence electrons. The highest BCUT2D eigenvalue weighted by Crippen LogP contribution is 2.24. The molecule has 1 heterocycles. The average molecular weight is 307 g/mol. The van der Waals surface area contributed by atoms with Crippen LogP contribution in [0.5, 0.6) is 0 Å². The fourth-order valence-electron chi connectivity index (χ4n) is 2.62. The topological polar surface area (TPSA) is 47.9 Å². The first-order chi connectivity index (χ1) is 10.4. The van der Waals surface area contributed by atoms with Gasteiger partial charge in [0.2, 0.25) is 0 Å². The molecule has 5 heteroatoms. The zero-order valence-corrected chi connectivity index (χ0v) is 13.6. The molecule has 0 bridgehead atoms. The number of likely N-dealkylation sites (tertiary alicyclic amines) is 1. The van der Waals surface area contributed by atoms with E-state index >= 15 is 0 Å². The predicted octanol–water partition coefficient (Wildman–Crippen LogP) is 2.14. The van der Waals surface area contributed by atoms with E-state index in [1.165, 1.54) is 12.1 Å². The lowest BCUT2D eigenvalue weighted by Gasteiger charge is -2.26. The number of nitrogens with zero attached hydrogens (tertiary/aromatic N) is 2. The summed E-state index contributed by atoms with van der Waals surface area (Å²) in [6.45, 7) is 9.09. The van der Waals surface area contributed by atoms with Crippen molar-refractivity contribution in [3.63, 3.8) is 0 Å². The van der Waals surface area contributed by atoms with Crippen molar-refractivity contribution in [3.8, 4) is 0 Å². The minimum absolute atomic E-state index is 0.174. The maximum absolute atomic E-state index is 13.1. The molecule has 0 spiro atoms. The highest BCUT2D eigenvalue weighted by molar-refractivity contribution is 5.80. The maximum Gasteiger partial charge on any atom is 0.194 e. The molecular weight excluding hydrogens is 281 g/mol. The molecule has 1 aromatic rings. The van der Waals surface area contributed by atoms with Crippen molar-refractivity contribution in [1.82, 2.24) is 10.2 Å². The zero-order valence-electron chi connectivity index (χ0n) is 13.6. The number of hydrogen-bond acceptors (Lipinski definition) is 2. The number of nitrogens with one attached hydrogen (secondary N) is 1. The van der Waals surface area contributed by atoms with Gasteiger partial charge in [0.1, 0.15) is 5.82 Å². The Bertz CT molecular complexity index is 513. The largest absolute Gasteiger partial charge is 0.391 e. The van der Waals surface area contributed by atoms with Crippen LogP contribution in [0, 0.1) is 5.82 Å². The molecule has 1 atom stereocenters. The average Bonchev–Trinajstić information content (AvgIpc) is 2.90. The number of rotatable bonds is 4. The first-order valence-electron chi connectivity index (χ1n) is 7.90. The zero-order chi connectivity index (χ0) is 16.2. The minimum Gasteiger partial charge on any atom is -0.391 e. The number of guanidine groups is 1. The first-order valence-corrected chi connectivity index (χ1v) is 7.90. The van der Waals surface area contributed by atoms with Crippen LogP contribution in [0.1, 0.15) is 32.8 Å². The Morgan fingerprint density at radius 1 is 1.41 bits per heavy atom. The summed E-state index contributed by atoms with van der Waals surface area (Å²) in [6.07, 6.45) is 0.514. The molecule has 0 radical (unpaired) electrons. The van der Waals surface area contributed by atoms with Crippen LogP contribution in [0.15, 0.2) is 29.3 Å². The van der Waals surface area contributed by atoms with E-state index in [1.54, 1.807) is 0 Å². The van der Waals surface area contributed by atoms with Gasteiger partial charge in [-0.1, -0.05) is 26.0 Å². The fraction of sp³-hybridized carbons (Fsp3) is 0.588. The summed E-state index contributed by atoms with van der Waals surface area (Å²) in [7, 11) is 0. The fourth-order valence-corrected chi connectivity index (χ4v) is 2.62. The second-order valence-electron chi connectivity index (χ2n) is 6.45. The number of aliphatic hydroxyl groups is 1. The molecule has 0 aromatic heterocycles. The van der Waals surface area contributed by atoms with Crippen LogP contribution >= 0.6 is 0 Å². The van der Waals surface area contributed by atoms with Crippen molar-refractivity contribution >= 4 is 5.96 Å². The van der Waals surface area contributed by atoms with E-state index in [9.17, 15) is 9.50 Å². The Balaban J connectivity index is 2.09. The summed E-state index contributed by atoms with van der Waals surface area (Å²) < 4.78 is 13.1. The van der Waals surface area contributed by atoms with Crippen molar-refractivity contribution in [2.24, 2.45) is 4.99 Å². The number of benzene rings is 1. The Labute approximate surface area is 132 Å². The molecule has 22 heavy (non-hydrogen) atoms. The molecule has 1 aliphatic rings. The molecular formula is C17H26FN3O. The second kappa shape index (κ2) is 7.09. The van der Waals surface area contributed by atoms with Crippen molar-refractivity contribution in [1.29, 1.82) is 0 Å². The lowest BCUT2D eigenvalue weighted by Crippen LogP contribution is -2.41. The third-order valence-electron chi connectivity index (χ3n) is 4.05. The summed E-state index contributed by atoms with van der Waals surface area (Å²) in [5, 5.41) is 13.0. The summed E-state index contributed by atoms with van der Waals surface area (Å²) in [5.74, 6) is 0.622. The molecule has 0 unspecified atom stereocenters. The van der Waals surface area contributed by atoms with E-state index in [-0.39, 0.29) is 17.3 Å². The molecule has 0 saturated carbocycles. The molecule has 4 nitrogen and oxygen atoms in total. The van der Waals surface area contributed by atoms with Gasteiger partial charge in [-0.2, -0.15) is 0 Å². The van der Waals surface area contributed by atoms with Gasteiger partial charge in [0.05, 0.1) is 12.6 Å². The van der Waals surface area contributed by atoms with Gasteiger partial charge < -0.3 is 15.3 Å². The van der Waals surface area contributed by atoms with Crippen molar-refractivity contribution in [2.45, 2.75) is 38.7 Å². The number of β-amino-alcohol motifs (C(OH)–C–C–N with tert-alkyl or cyclic N) is 1. The van der Waals surface area contributed by atoms with Crippen LogP contribution in [0.4, 0.5) is 4.39 Å². The smallest absolute Gasteiger partial charge is 0.194 e. The summed E-state index contributed by atoms with van der Waals surface area (Å²) in [5.41, 5.74) is 0.891. The van der Waals surface area contributed by atoms with Gasteiger partial charge in [-0.25, -0.2) is 4.39 Å². The summed E-state index contributed by atoms with van der Waals surface area (Å²) in [6, 6.07) is 6.61. The highest BCUT2D eigenvalue weighted by Gasteiger charge is 2.25. The van der Waals surface area contributed by atoms with Gasteiger partial charge in [0.25, 0.3) is 0 Å². The second-order valence-corrected chi connectivity index (χ2v) is 6.45. The Morgan fingerprint density at radius 3 is 2.64 bits per heavy atom. The molecule has 2 N–H and O–H groups in total. The monoisotopic (exact) mass is 307 g/mol. The van der Waals surface area contributed by atoms with Gasteiger partial charge in [-0.05, 0) is 31.0 Å². The SMILES string of the molecule is CCNC(=NCC(C)(C)c1ccc(F)cc1)N1CC[C@@H](O)C1. The van der Waals surface area contributed by atoms with Crippen molar-refractivity contribution in [2.75, 3.05) is 26.2 Å². The Kier molecular flexibility index (Phi) is 5.40. The van der Waals surface area contributed by atoms with Crippen LogP contribution < -0.4 is 5.32 Å². The quantitative estimate of drug-likeness (QED) is 0.662. The summed E-state index contributed by atoms with van der Waals surface area (Å²) in [4.78, 5) is 6.82. The van der Waals surface area contributed by atoms with E-state index in [0.717, 1.165) is 31.0 Å². The van der Waals surface area contributed by atoms with Crippen LogP contribution in [0.25, 0.3) is 0 Å². The molecule has 1 saturated heterocycles. The number of aliphatic imine (C=N–C) groups is 1. The van der Waals surface area contributed by atoms with Gasteiger partial charge in [-0.3, -0.25) is 4.99 Å². The molecule has 2 rings (SSSR count). The standard InChI is InChI=1S/C17H26FN3O/c1-4-19-16(21-10-9-15(22)11-21)20-12-17(2,3)13-5-7-14(18)8-6-13/h5-8,15,22H,4,9-12H2,1-3H3,(H,19,20)/t15-/m1/s1. The van der Waals surface area contributed by atoms with Gasteiger partial charge >= 0.3 is 0 Å².